The maximum atomic E-state index is 12.2. The number of Topliss-reactive ketones (excluding diaryl/α,β-unsaturated/α-hetero) is 1. The van der Waals surface area contributed by atoms with Crippen LogP contribution >= 0.6 is 0 Å². The molecule has 1 aliphatic rings. The van der Waals surface area contributed by atoms with Gasteiger partial charge in [0.2, 0.25) is 0 Å². The fourth-order valence-corrected chi connectivity index (χ4v) is 3.04. The van der Waals surface area contributed by atoms with Crippen LogP contribution in [0.4, 0.5) is 0 Å². The van der Waals surface area contributed by atoms with E-state index in [0.29, 0.717) is 17.7 Å². The molecule has 2 heteroatoms. The Hall–Kier alpha value is -1.15. The lowest BCUT2D eigenvalue weighted by Gasteiger charge is -2.26. The molecule has 0 saturated heterocycles. The molecule has 110 valence electrons. The van der Waals surface area contributed by atoms with Gasteiger partial charge in [0.05, 0.1) is 0 Å². The van der Waals surface area contributed by atoms with Gasteiger partial charge in [-0.2, -0.15) is 0 Å². The average Bonchev–Trinajstić information content (AvgIpc) is 2.98. The number of ketones is 1. The van der Waals surface area contributed by atoms with E-state index in [9.17, 15) is 4.79 Å². The van der Waals surface area contributed by atoms with Crippen LogP contribution in [0.5, 0.6) is 0 Å². The van der Waals surface area contributed by atoms with Gasteiger partial charge >= 0.3 is 0 Å². The summed E-state index contributed by atoms with van der Waals surface area (Å²) in [4.78, 5) is 14.6. The van der Waals surface area contributed by atoms with Crippen molar-refractivity contribution in [3.63, 3.8) is 0 Å². The predicted octanol–water partition coefficient (Wildman–Crippen LogP) is 4.05. The van der Waals surface area contributed by atoms with E-state index in [1.165, 1.54) is 18.4 Å². The van der Waals surface area contributed by atoms with Crippen molar-refractivity contribution in [2.24, 2.45) is 5.92 Å². The first-order valence-corrected chi connectivity index (χ1v) is 7.97. The number of nitrogens with zero attached hydrogens (tertiary/aromatic N) is 1. The Kier molecular flexibility index (Phi) is 5.78. The van der Waals surface area contributed by atoms with Gasteiger partial charge in [0.15, 0.2) is 0 Å². The predicted molar refractivity (Wildman–Crippen MR) is 83.6 cm³/mol. The van der Waals surface area contributed by atoms with E-state index in [1.807, 2.05) is 6.07 Å². The molecule has 1 aromatic carbocycles. The highest BCUT2D eigenvalue weighted by atomic mass is 16.1. The Balaban J connectivity index is 1.84. The molecule has 0 unspecified atom stereocenters. The third-order valence-corrected chi connectivity index (χ3v) is 4.41. The van der Waals surface area contributed by atoms with Gasteiger partial charge in [-0.1, -0.05) is 43.2 Å². The summed E-state index contributed by atoms with van der Waals surface area (Å²) in [6.45, 7) is 6.25. The van der Waals surface area contributed by atoms with E-state index in [2.05, 4.69) is 43.0 Å². The fourth-order valence-electron chi connectivity index (χ4n) is 3.04. The van der Waals surface area contributed by atoms with Gasteiger partial charge in [0.25, 0.3) is 0 Å². The third-order valence-electron chi connectivity index (χ3n) is 4.41. The SMILES string of the molecule is CC(C)N(CCC(=O)C1CCCC1)Cc1ccccc1. The van der Waals surface area contributed by atoms with Gasteiger partial charge in [-0.15, -0.1) is 0 Å². The van der Waals surface area contributed by atoms with Crippen molar-refractivity contribution < 1.29 is 4.79 Å². The molecule has 1 aliphatic carbocycles. The third kappa shape index (κ3) is 4.45. The molecule has 0 radical (unpaired) electrons. The van der Waals surface area contributed by atoms with Gasteiger partial charge < -0.3 is 0 Å². The van der Waals surface area contributed by atoms with Crippen molar-refractivity contribution in [1.82, 2.24) is 4.90 Å². The van der Waals surface area contributed by atoms with Crippen molar-refractivity contribution in [1.29, 1.82) is 0 Å². The van der Waals surface area contributed by atoms with Crippen LogP contribution in [0.25, 0.3) is 0 Å². The lowest BCUT2D eigenvalue weighted by molar-refractivity contribution is -0.123. The number of hydrogen-bond acceptors (Lipinski definition) is 2. The van der Waals surface area contributed by atoms with Crippen LogP contribution in [0.1, 0.15) is 51.5 Å². The van der Waals surface area contributed by atoms with Crippen molar-refractivity contribution in [3.05, 3.63) is 35.9 Å². The number of hydrogen-bond donors (Lipinski definition) is 0. The summed E-state index contributed by atoms with van der Waals surface area (Å²) in [5.74, 6) is 0.849. The number of benzene rings is 1. The Morgan fingerprint density at radius 1 is 1.20 bits per heavy atom. The molecule has 0 N–H and O–H groups in total. The van der Waals surface area contributed by atoms with Crippen LogP contribution in [0.3, 0.4) is 0 Å². The Labute approximate surface area is 123 Å². The second kappa shape index (κ2) is 7.58. The van der Waals surface area contributed by atoms with E-state index in [-0.39, 0.29) is 0 Å². The van der Waals surface area contributed by atoms with Gasteiger partial charge in [-0.3, -0.25) is 9.69 Å². The van der Waals surface area contributed by atoms with Crippen LogP contribution in [0, 0.1) is 5.92 Å². The monoisotopic (exact) mass is 273 g/mol. The minimum Gasteiger partial charge on any atom is -0.299 e. The van der Waals surface area contributed by atoms with Gasteiger partial charge in [0.1, 0.15) is 5.78 Å². The van der Waals surface area contributed by atoms with E-state index in [1.54, 1.807) is 0 Å². The summed E-state index contributed by atoms with van der Waals surface area (Å²) >= 11 is 0. The summed E-state index contributed by atoms with van der Waals surface area (Å²) in [6.07, 6.45) is 5.46. The molecule has 0 spiro atoms. The largest absolute Gasteiger partial charge is 0.299 e. The molecule has 0 bridgehead atoms. The molecule has 2 nitrogen and oxygen atoms in total. The zero-order valence-corrected chi connectivity index (χ0v) is 12.8. The molecule has 0 aliphatic heterocycles. The van der Waals surface area contributed by atoms with Crippen LogP contribution in [0.2, 0.25) is 0 Å². The van der Waals surface area contributed by atoms with Gasteiger partial charge in [0, 0.05) is 31.5 Å². The second-order valence-corrected chi connectivity index (χ2v) is 6.25. The smallest absolute Gasteiger partial charge is 0.137 e. The summed E-state index contributed by atoms with van der Waals surface area (Å²) < 4.78 is 0. The molecular formula is C18H27NO. The number of carbonyl (C=O) groups excluding carboxylic acids is 1. The molecule has 0 heterocycles. The van der Waals surface area contributed by atoms with Crippen LogP contribution in [-0.2, 0) is 11.3 Å². The quantitative estimate of drug-likeness (QED) is 0.747. The van der Waals surface area contributed by atoms with Gasteiger partial charge in [-0.05, 0) is 32.3 Å². The van der Waals surface area contributed by atoms with Crippen molar-refractivity contribution >= 4 is 5.78 Å². The van der Waals surface area contributed by atoms with E-state index >= 15 is 0 Å². The molecule has 1 fully saturated rings. The second-order valence-electron chi connectivity index (χ2n) is 6.25. The highest BCUT2D eigenvalue weighted by molar-refractivity contribution is 5.81. The topological polar surface area (TPSA) is 20.3 Å². The highest BCUT2D eigenvalue weighted by Crippen LogP contribution is 2.26. The van der Waals surface area contributed by atoms with Crippen LogP contribution in [-0.4, -0.2) is 23.3 Å². The van der Waals surface area contributed by atoms with E-state index in [4.69, 9.17) is 0 Å². The van der Waals surface area contributed by atoms with E-state index < -0.39 is 0 Å². The van der Waals surface area contributed by atoms with Gasteiger partial charge in [-0.25, -0.2) is 0 Å². The van der Waals surface area contributed by atoms with Crippen LogP contribution in [0.15, 0.2) is 30.3 Å². The summed E-state index contributed by atoms with van der Waals surface area (Å²) in [5.41, 5.74) is 1.33. The highest BCUT2D eigenvalue weighted by Gasteiger charge is 2.23. The molecule has 0 aromatic heterocycles. The van der Waals surface area contributed by atoms with Crippen LogP contribution < -0.4 is 0 Å². The minimum atomic E-state index is 0.362. The first-order valence-electron chi connectivity index (χ1n) is 7.97. The molecule has 20 heavy (non-hydrogen) atoms. The molecule has 1 aromatic rings. The zero-order chi connectivity index (χ0) is 14.4. The Morgan fingerprint density at radius 2 is 1.85 bits per heavy atom. The van der Waals surface area contributed by atoms with Crippen molar-refractivity contribution in [2.45, 2.75) is 58.5 Å². The lowest BCUT2D eigenvalue weighted by Crippen LogP contribution is -2.33. The van der Waals surface area contributed by atoms with Crippen molar-refractivity contribution in [3.8, 4) is 0 Å². The molecule has 0 atom stereocenters. The molecule has 1 saturated carbocycles. The first kappa shape index (κ1) is 15.2. The average molecular weight is 273 g/mol. The number of rotatable bonds is 7. The summed E-state index contributed by atoms with van der Waals surface area (Å²) in [5, 5.41) is 0. The molecular weight excluding hydrogens is 246 g/mol. The normalized spacial score (nSPS) is 16.2. The maximum absolute atomic E-state index is 12.2. The minimum absolute atomic E-state index is 0.362. The number of carbonyl (C=O) groups is 1. The maximum Gasteiger partial charge on any atom is 0.137 e. The molecule has 0 amide bonds. The zero-order valence-electron chi connectivity index (χ0n) is 12.8. The standard InChI is InChI=1S/C18H27NO/c1-15(2)19(14-16-8-4-3-5-9-16)13-12-18(20)17-10-6-7-11-17/h3-5,8-9,15,17H,6-7,10-14H2,1-2H3. The summed E-state index contributed by atoms with van der Waals surface area (Å²) in [7, 11) is 0. The fraction of sp³-hybridized carbons (Fsp3) is 0.611. The lowest BCUT2D eigenvalue weighted by atomic mass is 10.00. The van der Waals surface area contributed by atoms with Crippen molar-refractivity contribution in [2.75, 3.05) is 6.54 Å². The Morgan fingerprint density at radius 3 is 2.45 bits per heavy atom. The summed E-state index contributed by atoms with van der Waals surface area (Å²) in [6, 6.07) is 11.0. The van der Waals surface area contributed by atoms with E-state index in [0.717, 1.165) is 32.4 Å². The Bertz CT molecular complexity index is 407. The molecule has 2 rings (SSSR count). The first-order chi connectivity index (χ1) is 9.66.